The lowest BCUT2D eigenvalue weighted by Gasteiger charge is -2.17. The van der Waals surface area contributed by atoms with Gasteiger partial charge in [-0.25, -0.2) is 0 Å². The van der Waals surface area contributed by atoms with E-state index in [-0.39, 0.29) is 5.91 Å². The first kappa shape index (κ1) is 16.8. The summed E-state index contributed by atoms with van der Waals surface area (Å²) in [6, 6.07) is 7.84. The van der Waals surface area contributed by atoms with Crippen LogP contribution in [0.1, 0.15) is 38.5 Å². The molecular weight excluding hydrogens is 322 g/mol. The van der Waals surface area contributed by atoms with Crippen LogP contribution in [0.15, 0.2) is 24.3 Å². The molecule has 5 heteroatoms. The zero-order valence-electron chi connectivity index (χ0n) is 14.4. The molecule has 1 heterocycles. The predicted molar refractivity (Wildman–Crippen MR) is 96.3 cm³/mol. The normalized spacial score (nSPS) is 13.3. The van der Waals surface area contributed by atoms with Crippen molar-refractivity contribution in [3.63, 3.8) is 0 Å². The van der Waals surface area contributed by atoms with E-state index in [0.29, 0.717) is 18.0 Å². The van der Waals surface area contributed by atoms with Crippen molar-refractivity contribution in [3.05, 3.63) is 45.1 Å². The van der Waals surface area contributed by atoms with Crippen molar-refractivity contribution in [3.8, 4) is 11.5 Å². The summed E-state index contributed by atoms with van der Waals surface area (Å²) in [4.78, 5) is 16.7. The van der Waals surface area contributed by atoms with Crippen LogP contribution >= 0.6 is 11.3 Å². The number of carbonyl (C=O) groups excluding carboxylic acids is 1. The Kier molecular flexibility index (Phi) is 5.09. The number of rotatable bonds is 5. The first-order valence-electron chi connectivity index (χ1n) is 8.20. The molecule has 0 fully saturated rings. The molecule has 0 aliphatic heterocycles. The number of carbonyl (C=O) groups is 1. The van der Waals surface area contributed by atoms with E-state index >= 15 is 0 Å². The highest BCUT2D eigenvalue weighted by Gasteiger charge is 2.20. The van der Waals surface area contributed by atoms with Gasteiger partial charge in [-0.05, 0) is 55.0 Å². The van der Waals surface area contributed by atoms with Crippen molar-refractivity contribution in [2.75, 3.05) is 21.3 Å². The SMILES string of the molecule is COc1ccc(CN(C)C(=O)c2cc3c(s2)CCCC3)cc1OC. The number of benzene rings is 1. The highest BCUT2D eigenvalue weighted by molar-refractivity contribution is 7.14. The monoisotopic (exact) mass is 345 g/mol. The first-order chi connectivity index (χ1) is 11.6. The molecule has 0 unspecified atom stereocenters. The van der Waals surface area contributed by atoms with Crippen molar-refractivity contribution in [1.29, 1.82) is 0 Å². The maximum Gasteiger partial charge on any atom is 0.263 e. The van der Waals surface area contributed by atoms with Gasteiger partial charge in [0.25, 0.3) is 5.91 Å². The number of methoxy groups -OCH3 is 2. The number of hydrogen-bond acceptors (Lipinski definition) is 4. The second-order valence-electron chi connectivity index (χ2n) is 6.12. The second kappa shape index (κ2) is 7.26. The Morgan fingerprint density at radius 1 is 1.12 bits per heavy atom. The van der Waals surface area contributed by atoms with Gasteiger partial charge in [0, 0.05) is 18.5 Å². The topological polar surface area (TPSA) is 38.8 Å². The van der Waals surface area contributed by atoms with Crippen LogP contribution in [0.25, 0.3) is 0 Å². The van der Waals surface area contributed by atoms with Gasteiger partial charge in [0.15, 0.2) is 11.5 Å². The first-order valence-corrected chi connectivity index (χ1v) is 9.02. The quantitative estimate of drug-likeness (QED) is 0.824. The number of amides is 1. The Morgan fingerprint density at radius 2 is 1.88 bits per heavy atom. The minimum absolute atomic E-state index is 0.0872. The van der Waals surface area contributed by atoms with Crippen LogP contribution in [0.2, 0.25) is 0 Å². The standard InChI is InChI=1S/C19H23NO3S/c1-20(12-13-8-9-15(22-2)16(10-13)23-3)19(21)18-11-14-6-4-5-7-17(14)24-18/h8-11H,4-7,12H2,1-3H3. The summed E-state index contributed by atoms with van der Waals surface area (Å²) in [5.74, 6) is 1.47. The Morgan fingerprint density at radius 3 is 2.58 bits per heavy atom. The summed E-state index contributed by atoms with van der Waals surface area (Å²) in [6.07, 6.45) is 4.70. The van der Waals surface area contributed by atoms with Crippen LogP contribution in [-0.2, 0) is 19.4 Å². The molecule has 0 atom stereocenters. The average molecular weight is 345 g/mol. The van der Waals surface area contributed by atoms with E-state index in [9.17, 15) is 4.79 Å². The fourth-order valence-electron chi connectivity index (χ4n) is 3.11. The summed E-state index contributed by atoms with van der Waals surface area (Å²) < 4.78 is 10.6. The lowest BCUT2D eigenvalue weighted by atomic mass is 9.99. The predicted octanol–water partition coefficient (Wildman–Crippen LogP) is 3.92. The third kappa shape index (κ3) is 3.41. The molecule has 0 bridgehead atoms. The van der Waals surface area contributed by atoms with Gasteiger partial charge in [-0.1, -0.05) is 6.07 Å². The molecular formula is C19H23NO3S. The number of fused-ring (bicyclic) bond motifs is 1. The van der Waals surface area contributed by atoms with Crippen LogP contribution in [0, 0.1) is 0 Å². The van der Waals surface area contributed by atoms with Gasteiger partial charge in [-0.3, -0.25) is 4.79 Å². The van der Waals surface area contributed by atoms with E-state index in [1.54, 1.807) is 30.5 Å². The summed E-state index contributed by atoms with van der Waals surface area (Å²) >= 11 is 1.66. The van der Waals surface area contributed by atoms with E-state index in [2.05, 4.69) is 6.07 Å². The van der Waals surface area contributed by atoms with Gasteiger partial charge in [-0.2, -0.15) is 0 Å². The van der Waals surface area contributed by atoms with Gasteiger partial charge in [0.1, 0.15) is 0 Å². The summed E-state index contributed by atoms with van der Waals surface area (Å²) in [7, 11) is 5.08. The maximum absolute atomic E-state index is 12.7. The van der Waals surface area contributed by atoms with Crippen molar-refractivity contribution in [1.82, 2.24) is 4.90 Å². The smallest absolute Gasteiger partial charge is 0.263 e. The summed E-state index contributed by atoms with van der Waals surface area (Å²) in [6.45, 7) is 0.543. The number of thiophene rings is 1. The molecule has 0 radical (unpaired) electrons. The molecule has 0 saturated carbocycles. The van der Waals surface area contributed by atoms with Crippen molar-refractivity contribution >= 4 is 17.2 Å². The summed E-state index contributed by atoms with van der Waals surface area (Å²) in [5.41, 5.74) is 2.39. The van der Waals surface area contributed by atoms with Crippen LogP contribution in [-0.4, -0.2) is 32.1 Å². The lowest BCUT2D eigenvalue weighted by Crippen LogP contribution is -2.25. The van der Waals surface area contributed by atoms with Gasteiger partial charge >= 0.3 is 0 Å². The Hall–Kier alpha value is -2.01. The Labute approximate surface area is 147 Å². The fraction of sp³-hybridized carbons (Fsp3) is 0.421. The third-order valence-corrected chi connectivity index (χ3v) is 5.65. The van der Waals surface area contributed by atoms with Crippen molar-refractivity contribution in [2.45, 2.75) is 32.2 Å². The van der Waals surface area contributed by atoms with Crippen LogP contribution < -0.4 is 9.47 Å². The van der Waals surface area contributed by atoms with Gasteiger partial charge in [0.2, 0.25) is 0 Å². The molecule has 0 saturated heterocycles. The molecule has 2 aromatic rings. The number of aryl methyl sites for hydroxylation is 2. The number of hydrogen-bond donors (Lipinski definition) is 0. The average Bonchev–Trinajstić information content (AvgIpc) is 3.04. The molecule has 0 spiro atoms. The van der Waals surface area contributed by atoms with Crippen molar-refractivity contribution < 1.29 is 14.3 Å². The highest BCUT2D eigenvalue weighted by Crippen LogP contribution is 2.31. The van der Waals surface area contributed by atoms with E-state index in [1.807, 2.05) is 25.2 Å². The minimum Gasteiger partial charge on any atom is -0.493 e. The fourth-order valence-corrected chi connectivity index (χ4v) is 4.36. The molecule has 1 aliphatic rings. The van der Waals surface area contributed by atoms with E-state index < -0.39 is 0 Å². The minimum atomic E-state index is 0.0872. The van der Waals surface area contributed by atoms with Crippen LogP contribution in [0.5, 0.6) is 11.5 Å². The van der Waals surface area contributed by atoms with E-state index in [4.69, 9.17) is 9.47 Å². The maximum atomic E-state index is 12.7. The molecule has 1 aliphatic carbocycles. The highest BCUT2D eigenvalue weighted by atomic mass is 32.1. The van der Waals surface area contributed by atoms with Crippen molar-refractivity contribution in [2.24, 2.45) is 0 Å². The lowest BCUT2D eigenvalue weighted by molar-refractivity contribution is 0.0789. The molecule has 24 heavy (non-hydrogen) atoms. The van der Waals surface area contributed by atoms with E-state index in [1.165, 1.54) is 23.3 Å². The Bertz CT molecular complexity index is 715. The molecule has 0 N–H and O–H groups in total. The number of ether oxygens (including phenoxy) is 2. The van der Waals surface area contributed by atoms with Crippen LogP contribution in [0.4, 0.5) is 0 Å². The Balaban J connectivity index is 1.73. The van der Waals surface area contributed by atoms with Gasteiger partial charge in [-0.15, -0.1) is 11.3 Å². The molecule has 128 valence electrons. The van der Waals surface area contributed by atoms with Gasteiger partial charge < -0.3 is 14.4 Å². The van der Waals surface area contributed by atoms with Crippen LogP contribution in [0.3, 0.4) is 0 Å². The molecule has 3 rings (SSSR count). The zero-order valence-corrected chi connectivity index (χ0v) is 15.2. The largest absolute Gasteiger partial charge is 0.493 e. The van der Waals surface area contributed by atoms with Gasteiger partial charge in [0.05, 0.1) is 19.1 Å². The third-order valence-electron chi connectivity index (χ3n) is 4.42. The van der Waals surface area contributed by atoms with E-state index in [0.717, 1.165) is 23.3 Å². The molecule has 1 amide bonds. The molecule has 4 nitrogen and oxygen atoms in total. The molecule has 1 aromatic heterocycles. The summed E-state index contributed by atoms with van der Waals surface area (Å²) in [5, 5.41) is 0. The number of nitrogens with zero attached hydrogens (tertiary/aromatic N) is 1. The molecule has 1 aromatic carbocycles. The second-order valence-corrected chi connectivity index (χ2v) is 7.25. The zero-order chi connectivity index (χ0) is 17.1.